The van der Waals surface area contributed by atoms with Crippen LogP contribution in [0.1, 0.15) is 19.2 Å². The molecule has 0 spiro atoms. The van der Waals surface area contributed by atoms with Crippen LogP contribution in [0.5, 0.6) is 5.75 Å². The molecule has 0 fully saturated rings. The summed E-state index contributed by atoms with van der Waals surface area (Å²) in [4.78, 5) is 19.0. The number of carbonyl (C=O) groups excluding carboxylic acids is 1. The predicted octanol–water partition coefficient (Wildman–Crippen LogP) is 4.22. The minimum absolute atomic E-state index is 0.0952. The van der Waals surface area contributed by atoms with Gasteiger partial charge in [-0.1, -0.05) is 5.16 Å². The van der Waals surface area contributed by atoms with Crippen molar-refractivity contribution in [1.29, 1.82) is 0 Å². The molecule has 8 heteroatoms. The van der Waals surface area contributed by atoms with Crippen molar-refractivity contribution in [2.24, 2.45) is 0 Å². The number of aromatic nitrogens is 3. The number of rotatable bonds is 10. The number of amides is 1. The van der Waals surface area contributed by atoms with Gasteiger partial charge in [0, 0.05) is 54.3 Å². The van der Waals surface area contributed by atoms with E-state index in [-0.39, 0.29) is 12.3 Å². The summed E-state index contributed by atoms with van der Waals surface area (Å²) in [6.07, 6.45) is 2.71. The molecule has 4 rings (SSSR count). The first-order chi connectivity index (χ1) is 16.0. The molecular formula is C25H29N5O3. The molecule has 1 N–H and O–H groups in total. The van der Waals surface area contributed by atoms with E-state index in [0.29, 0.717) is 24.7 Å². The number of nitrogens with zero attached hydrogens (tertiary/aromatic N) is 4. The van der Waals surface area contributed by atoms with Crippen LogP contribution in [0, 0.1) is 0 Å². The smallest absolute Gasteiger partial charge is 0.227 e. The summed E-state index contributed by atoms with van der Waals surface area (Å²) in [6, 6.07) is 15.6. The molecule has 0 unspecified atom stereocenters. The fourth-order valence-corrected chi connectivity index (χ4v) is 3.57. The number of carbonyl (C=O) groups is 1. The monoisotopic (exact) mass is 447 g/mol. The highest BCUT2D eigenvalue weighted by atomic mass is 16.5. The van der Waals surface area contributed by atoms with Crippen LogP contribution in [0.25, 0.3) is 22.3 Å². The third-order valence-corrected chi connectivity index (χ3v) is 5.30. The van der Waals surface area contributed by atoms with Gasteiger partial charge in [-0.05, 0) is 69.6 Å². The van der Waals surface area contributed by atoms with Crippen molar-refractivity contribution in [2.75, 3.05) is 32.6 Å². The molecular weight excluding hydrogens is 418 g/mol. The Morgan fingerprint density at radius 3 is 2.73 bits per heavy atom. The summed E-state index contributed by atoms with van der Waals surface area (Å²) >= 11 is 0. The normalized spacial score (nSPS) is 11.3. The summed E-state index contributed by atoms with van der Waals surface area (Å²) in [6.45, 7) is 4.45. The number of hydrogen-bond donors (Lipinski definition) is 1. The van der Waals surface area contributed by atoms with Crippen LogP contribution in [-0.4, -0.2) is 52.8 Å². The van der Waals surface area contributed by atoms with Gasteiger partial charge in [0.05, 0.1) is 6.61 Å². The van der Waals surface area contributed by atoms with E-state index in [1.165, 1.54) is 0 Å². The van der Waals surface area contributed by atoms with Gasteiger partial charge < -0.3 is 24.0 Å². The largest absolute Gasteiger partial charge is 0.494 e. The van der Waals surface area contributed by atoms with E-state index in [1.807, 2.05) is 49.4 Å². The van der Waals surface area contributed by atoms with Crippen molar-refractivity contribution >= 4 is 22.5 Å². The number of hydrogen-bond acceptors (Lipinski definition) is 6. The van der Waals surface area contributed by atoms with Crippen LogP contribution in [0.4, 0.5) is 5.69 Å². The van der Waals surface area contributed by atoms with E-state index in [0.717, 1.165) is 41.0 Å². The van der Waals surface area contributed by atoms with Gasteiger partial charge in [-0.2, -0.15) is 4.98 Å². The second kappa shape index (κ2) is 10.3. The Labute approximate surface area is 193 Å². The molecule has 0 aliphatic heterocycles. The second-order valence-electron chi connectivity index (χ2n) is 8.10. The Hall–Kier alpha value is -3.65. The van der Waals surface area contributed by atoms with Gasteiger partial charge in [0.1, 0.15) is 5.75 Å². The number of benzene rings is 2. The minimum atomic E-state index is -0.0952. The van der Waals surface area contributed by atoms with Gasteiger partial charge in [-0.15, -0.1) is 0 Å². The molecule has 2 aromatic carbocycles. The molecule has 2 heterocycles. The molecule has 4 aromatic rings. The minimum Gasteiger partial charge on any atom is -0.494 e. The molecule has 0 aliphatic carbocycles. The molecule has 1 amide bonds. The van der Waals surface area contributed by atoms with E-state index in [2.05, 4.69) is 51.3 Å². The molecule has 2 aromatic heterocycles. The lowest BCUT2D eigenvalue weighted by atomic mass is 10.2. The van der Waals surface area contributed by atoms with Crippen LogP contribution in [0.2, 0.25) is 0 Å². The first-order valence-corrected chi connectivity index (χ1v) is 11.1. The lowest BCUT2D eigenvalue weighted by Gasteiger charge is -2.11. The second-order valence-corrected chi connectivity index (χ2v) is 8.10. The molecule has 0 aliphatic rings. The number of nitrogens with one attached hydrogen (secondary N) is 1. The van der Waals surface area contributed by atoms with Gasteiger partial charge in [-0.25, -0.2) is 0 Å². The number of ether oxygens (including phenoxy) is 1. The Balaban J connectivity index is 1.32. The highest BCUT2D eigenvalue weighted by Crippen LogP contribution is 2.22. The fraction of sp³-hybridized carbons (Fsp3) is 0.320. The summed E-state index contributed by atoms with van der Waals surface area (Å²) in [5.41, 5.74) is 2.77. The average molecular weight is 448 g/mol. The Morgan fingerprint density at radius 2 is 1.97 bits per heavy atom. The van der Waals surface area contributed by atoms with Crippen molar-refractivity contribution in [3.8, 4) is 17.1 Å². The van der Waals surface area contributed by atoms with Crippen molar-refractivity contribution in [3.05, 3.63) is 60.6 Å². The predicted molar refractivity (Wildman–Crippen MR) is 128 cm³/mol. The number of anilines is 1. The van der Waals surface area contributed by atoms with Gasteiger partial charge in [0.15, 0.2) is 0 Å². The van der Waals surface area contributed by atoms with Gasteiger partial charge >= 0.3 is 0 Å². The van der Waals surface area contributed by atoms with Crippen molar-refractivity contribution in [2.45, 2.75) is 26.3 Å². The topological polar surface area (TPSA) is 85.4 Å². The molecule has 0 saturated carbocycles. The molecule has 8 nitrogen and oxygen atoms in total. The SMILES string of the molecule is CCOc1ccc(-c2noc(CCC(=O)Nc3ccc4c(ccn4CCN(C)C)c3)n2)cc1. The lowest BCUT2D eigenvalue weighted by molar-refractivity contribution is -0.116. The first kappa shape index (κ1) is 22.5. The van der Waals surface area contributed by atoms with Gasteiger partial charge in [0.25, 0.3) is 0 Å². The molecule has 0 atom stereocenters. The van der Waals surface area contributed by atoms with E-state index < -0.39 is 0 Å². The number of likely N-dealkylation sites (N-methyl/N-ethyl adjacent to an activating group) is 1. The third kappa shape index (κ3) is 5.78. The van der Waals surface area contributed by atoms with Crippen LogP contribution < -0.4 is 10.1 Å². The molecule has 0 bridgehead atoms. The summed E-state index contributed by atoms with van der Waals surface area (Å²) in [5, 5.41) is 8.08. The van der Waals surface area contributed by atoms with Crippen molar-refractivity contribution in [3.63, 3.8) is 0 Å². The quantitative estimate of drug-likeness (QED) is 0.392. The molecule has 33 heavy (non-hydrogen) atoms. The van der Waals surface area contributed by atoms with Crippen LogP contribution in [0.3, 0.4) is 0 Å². The van der Waals surface area contributed by atoms with E-state index in [9.17, 15) is 4.79 Å². The average Bonchev–Trinajstić information content (AvgIpc) is 3.44. The summed E-state index contributed by atoms with van der Waals surface area (Å²) < 4.78 is 13.0. The van der Waals surface area contributed by atoms with E-state index in [1.54, 1.807) is 0 Å². The Kier molecular flexibility index (Phi) is 7.04. The summed E-state index contributed by atoms with van der Waals surface area (Å²) in [7, 11) is 4.13. The van der Waals surface area contributed by atoms with Crippen LogP contribution in [0.15, 0.2) is 59.3 Å². The maximum absolute atomic E-state index is 12.5. The number of aryl methyl sites for hydroxylation is 1. The highest BCUT2D eigenvalue weighted by Gasteiger charge is 2.12. The van der Waals surface area contributed by atoms with Crippen molar-refractivity contribution < 1.29 is 14.1 Å². The fourth-order valence-electron chi connectivity index (χ4n) is 3.57. The van der Waals surface area contributed by atoms with Crippen molar-refractivity contribution in [1.82, 2.24) is 19.6 Å². The zero-order valence-corrected chi connectivity index (χ0v) is 19.2. The Bertz CT molecular complexity index is 1210. The maximum atomic E-state index is 12.5. The maximum Gasteiger partial charge on any atom is 0.227 e. The van der Waals surface area contributed by atoms with Gasteiger partial charge in [0.2, 0.25) is 17.6 Å². The Morgan fingerprint density at radius 1 is 1.15 bits per heavy atom. The molecule has 0 saturated heterocycles. The van der Waals surface area contributed by atoms with E-state index >= 15 is 0 Å². The first-order valence-electron chi connectivity index (χ1n) is 11.1. The van der Waals surface area contributed by atoms with Gasteiger partial charge in [-0.3, -0.25) is 4.79 Å². The lowest BCUT2D eigenvalue weighted by Crippen LogP contribution is -2.17. The zero-order chi connectivity index (χ0) is 23.2. The molecule has 172 valence electrons. The standard InChI is InChI=1S/C25H29N5O3/c1-4-32-21-8-5-18(6-9-21)25-27-24(33-28-25)12-11-23(31)26-20-7-10-22-19(17-20)13-14-30(22)16-15-29(2)3/h5-10,13-14,17H,4,11-12,15-16H2,1-3H3,(H,26,31). The molecule has 0 radical (unpaired) electrons. The van der Waals surface area contributed by atoms with Crippen LogP contribution in [-0.2, 0) is 17.8 Å². The highest BCUT2D eigenvalue weighted by molar-refractivity contribution is 5.94. The van der Waals surface area contributed by atoms with E-state index in [4.69, 9.17) is 9.26 Å². The zero-order valence-electron chi connectivity index (χ0n) is 19.2. The number of fused-ring (bicyclic) bond motifs is 1. The summed E-state index contributed by atoms with van der Waals surface area (Å²) in [5.74, 6) is 1.63. The third-order valence-electron chi connectivity index (χ3n) is 5.30. The van der Waals surface area contributed by atoms with Crippen LogP contribution >= 0.6 is 0 Å².